The van der Waals surface area contributed by atoms with Gasteiger partial charge >= 0.3 is 0 Å². The fourth-order valence-electron chi connectivity index (χ4n) is 1.12. The van der Waals surface area contributed by atoms with Gasteiger partial charge in [-0.3, -0.25) is 0 Å². The van der Waals surface area contributed by atoms with Gasteiger partial charge in [-0.1, -0.05) is 6.08 Å². The largest absolute Gasteiger partial charge is 0.496 e. The molecular weight excluding hydrogens is 167 g/mol. The molecule has 0 bridgehead atoms. The van der Waals surface area contributed by atoms with E-state index in [4.69, 9.17) is 4.74 Å². The van der Waals surface area contributed by atoms with E-state index in [-0.39, 0.29) is 11.7 Å². The minimum absolute atomic E-state index is 0.148. The van der Waals surface area contributed by atoms with Crippen LogP contribution in [0.5, 0.6) is 5.75 Å². The Bertz CT molecular complexity index is 307. The highest BCUT2D eigenvalue weighted by atomic mass is 19.1. The number of hydrogen-bond acceptors (Lipinski definition) is 1. The van der Waals surface area contributed by atoms with Gasteiger partial charge in [0, 0.05) is 11.5 Å². The highest BCUT2D eigenvalue weighted by molar-refractivity contribution is 5.39. The van der Waals surface area contributed by atoms with E-state index >= 15 is 0 Å². The van der Waals surface area contributed by atoms with Crippen molar-refractivity contribution in [3.05, 3.63) is 49.2 Å². The fraction of sp³-hybridized carbons (Fsp3) is 0.182. The number of benzene rings is 1. The Kier molecular flexibility index (Phi) is 3.07. The van der Waals surface area contributed by atoms with Crippen LogP contribution >= 0.6 is 0 Å². The minimum atomic E-state index is -0.286. The second-order valence-electron chi connectivity index (χ2n) is 2.73. The normalized spacial score (nSPS) is 12.2. The number of rotatable bonds is 3. The van der Waals surface area contributed by atoms with Gasteiger partial charge < -0.3 is 4.74 Å². The summed E-state index contributed by atoms with van der Waals surface area (Å²) in [7, 11) is 1.55. The van der Waals surface area contributed by atoms with Gasteiger partial charge in [0.05, 0.1) is 7.11 Å². The third kappa shape index (κ3) is 2.08. The molecule has 0 amide bonds. The summed E-state index contributed by atoms with van der Waals surface area (Å²) in [5, 5.41) is 0. The third-order valence-corrected chi connectivity index (χ3v) is 1.88. The number of methoxy groups -OCH3 is 1. The Hall–Kier alpha value is -1.31. The predicted octanol–water partition coefficient (Wildman–Crippen LogP) is 2.94. The molecule has 0 aliphatic carbocycles. The first-order valence-electron chi connectivity index (χ1n) is 3.98. The predicted molar refractivity (Wildman–Crippen MR) is 51.2 cm³/mol. The lowest BCUT2D eigenvalue weighted by Crippen LogP contribution is -1.95. The van der Waals surface area contributed by atoms with Crippen LogP contribution < -0.4 is 4.74 Å². The minimum Gasteiger partial charge on any atom is -0.496 e. The van der Waals surface area contributed by atoms with Crippen molar-refractivity contribution in [1.82, 2.24) is 0 Å². The molecule has 1 radical (unpaired) electrons. The maximum absolute atomic E-state index is 12.9. The molecule has 1 atom stereocenters. The van der Waals surface area contributed by atoms with E-state index in [1.807, 2.05) is 0 Å². The lowest BCUT2D eigenvalue weighted by Gasteiger charge is -2.11. The second kappa shape index (κ2) is 4.08. The zero-order valence-corrected chi connectivity index (χ0v) is 7.59. The van der Waals surface area contributed by atoms with E-state index in [0.717, 1.165) is 5.56 Å². The molecule has 0 aliphatic rings. The van der Waals surface area contributed by atoms with Crippen molar-refractivity contribution in [2.45, 2.75) is 5.92 Å². The van der Waals surface area contributed by atoms with E-state index in [9.17, 15) is 4.39 Å². The molecule has 1 rings (SSSR count). The quantitative estimate of drug-likeness (QED) is 0.648. The number of ether oxygens (including phenoxy) is 1. The summed E-state index contributed by atoms with van der Waals surface area (Å²) in [6.45, 7) is 7.41. The van der Waals surface area contributed by atoms with Gasteiger partial charge in [-0.05, 0) is 25.1 Å². The van der Waals surface area contributed by atoms with Gasteiger partial charge in [-0.2, -0.15) is 0 Å². The maximum Gasteiger partial charge on any atom is 0.123 e. The van der Waals surface area contributed by atoms with Gasteiger partial charge in [0.25, 0.3) is 0 Å². The molecule has 69 valence electrons. The Morgan fingerprint density at radius 1 is 1.54 bits per heavy atom. The Morgan fingerprint density at radius 3 is 2.77 bits per heavy atom. The first-order valence-corrected chi connectivity index (χ1v) is 3.98. The van der Waals surface area contributed by atoms with Crippen molar-refractivity contribution >= 4 is 0 Å². The molecular formula is C11H12FO. The third-order valence-electron chi connectivity index (χ3n) is 1.88. The fourth-order valence-corrected chi connectivity index (χ4v) is 1.12. The van der Waals surface area contributed by atoms with Gasteiger partial charge in [-0.15, -0.1) is 6.58 Å². The molecule has 0 aliphatic heterocycles. The van der Waals surface area contributed by atoms with Crippen LogP contribution in [0.3, 0.4) is 0 Å². The monoisotopic (exact) mass is 179 g/mol. The lowest BCUT2D eigenvalue weighted by molar-refractivity contribution is 0.408. The van der Waals surface area contributed by atoms with Crippen molar-refractivity contribution in [3.63, 3.8) is 0 Å². The Balaban J connectivity index is 3.14. The van der Waals surface area contributed by atoms with Crippen LogP contribution in [0.1, 0.15) is 11.5 Å². The number of hydrogen-bond donors (Lipinski definition) is 0. The van der Waals surface area contributed by atoms with Crippen LogP contribution in [-0.4, -0.2) is 7.11 Å². The lowest BCUT2D eigenvalue weighted by atomic mass is 10.0. The molecule has 0 saturated carbocycles. The topological polar surface area (TPSA) is 9.23 Å². The zero-order valence-electron chi connectivity index (χ0n) is 7.59. The molecule has 0 aromatic heterocycles. The van der Waals surface area contributed by atoms with Crippen molar-refractivity contribution in [2.75, 3.05) is 7.11 Å². The van der Waals surface area contributed by atoms with E-state index in [1.54, 1.807) is 19.3 Å². The Morgan fingerprint density at radius 2 is 2.23 bits per heavy atom. The molecule has 13 heavy (non-hydrogen) atoms. The molecule has 2 heteroatoms. The van der Waals surface area contributed by atoms with Crippen LogP contribution in [0.15, 0.2) is 30.9 Å². The molecule has 1 aromatic carbocycles. The van der Waals surface area contributed by atoms with Crippen molar-refractivity contribution in [3.8, 4) is 5.75 Å². The van der Waals surface area contributed by atoms with Crippen LogP contribution in [0.25, 0.3) is 0 Å². The van der Waals surface area contributed by atoms with Crippen LogP contribution in [-0.2, 0) is 0 Å². The highest BCUT2D eigenvalue weighted by Crippen LogP contribution is 2.27. The Labute approximate surface area is 77.8 Å². The summed E-state index contributed by atoms with van der Waals surface area (Å²) in [4.78, 5) is 0. The van der Waals surface area contributed by atoms with Crippen LogP contribution in [0.2, 0.25) is 0 Å². The summed E-state index contributed by atoms with van der Waals surface area (Å²) < 4.78 is 17.9. The SMILES string of the molecule is [CH2]C(C=C)c1cc(F)ccc1OC. The first kappa shape index (κ1) is 9.78. The van der Waals surface area contributed by atoms with Crippen molar-refractivity contribution < 1.29 is 9.13 Å². The highest BCUT2D eigenvalue weighted by Gasteiger charge is 2.08. The molecule has 0 N–H and O–H groups in total. The molecule has 1 unspecified atom stereocenters. The average molecular weight is 179 g/mol. The molecule has 0 fully saturated rings. The van der Waals surface area contributed by atoms with Crippen LogP contribution in [0.4, 0.5) is 4.39 Å². The molecule has 0 heterocycles. The average Bonchev–Trinajstić information content (AvgIpc) is 2.16. The standard InChI is InChI=1S/C11H12FO/c1-4-8(2)10-7-9(12)5-6-11(10)13-3/h4-8H,1-2H2,3H3. The number of halogens is 1. The summed E-state index contributed by atoms with van der Waals surface area (Å²) in [5.74, 6) is 0.207. The molecule has 1 nitrogen and oxygen atoms in total. The van der Waals surface area contributed by atoms with Gasteiger partial charge in [0.2, 0.25) is 0 Å². The first-order chi connectivity index (χ1) is 6.19. The van der Waals surface area contributed by atoms with Gasteiger partial charge in [0.15, 0.2) is 0 Å². The van der Waals surface area contributed by atoms with Gasteiger partial charge in [-0.25, -0.2) is 4.39 Å². The number of allylic oxidation sites excluding steroid dienone is 1. The van der Waals surface area contributed by atoms with E-state index in [0.29, 0.717) is 5.75 Å². The molecule has 1 aromatic rings. The zero-order chi connectivity index (χ0) is 9.84. The van der Waals surface area contributed by atoms with Crippen LogP contribution in [0, 0.1) is 12.7 Å². The van der Waals surface area contributed by atoms with E-state index in [2.05, 4.69) is 13.5 Å². The summed E-state index contributed by atoms with van der Waals surface area (Å²) in [6.07, 6.45) is 1.65. The van der Waals surface area contributed by atoms with E-state index < -0.39 is 0 Å². The molecule has 0 spiro atoms. The summed E-state index contributed by atoms with van der Waals surface area (Å²) >= 11 is 0. The smallest absolute Gasteiger partial charge is 0.123 e. The maximum atomic E-state index is 12.9. The van der Waals surface area contributed by atoms with Gasteiger partial charge in [0.1, 0.15) is 11.6 Å². The van der Waals surface area contributed by atoms with Crippen molar-refractivity contribution in [1.29, 1.82) is 0 Å². The van der Waals surface area contributed by atoms with Crippen molar-refractivity contribution in [2.24, 2.45) is 0 Å². The summed E-state index contributed by atoms with van der Waals surface area (Å²) in [6, 6.07) is 4.36. The molecule has 0 saturated heterocycles. The summed E-state index contributed by atoms with van der Waals surface area (Å²) in [5.41, 5.74) is 0.720. The van der Waals surface area contributed by atoms with E-state index in [1.165, 1.54) is 12.1 Å². The second-order valence-corrected chi connectivity index (χ2v) is 2.73.